The lowest BCUT2D eigenvalue weighted by atomic mass is 10.1. The minimum absolute atomic E-state index is 0.0280. The maximum Gasteiger partial charge on any atom is 0.254 e. The maximum atomic E-state index is 13.4. The van der Waals surface area contributed by atoms with Crippen LogP contribution in [0.1, 0.15) is 35.5 Å². The first-order valence-electron chi connectivity index (χ1n) is 10.3. The second-order valence-electron chi connectivity index (χ2n) is 7.88. The van der Waals surface area contributed by atoms with Crippen LogP contribution in [-0.2, 0) is 24.9 Å². The molecule has 0 N–H and O–H groups in total. The summed E-state index contributed by atoms with van der Waals surface area (Å²) >= 11 is 3.42. The molecule has 0 atom stereocenters. The molecule has 3 aromatic rings. The van der Waals surface area contributed by atoms with Crippen molar-refractivity contribution in [1.29, 1.82) is 0 Å². The van der Waals surface area contributed by atoms with E-state index in [0.717, 1.165) is 15.7 Å². The Morgan fingerprint density at radius 1 is 0.968 bits per heavy atom. The first kappa shape index (κ1) is 22.8. The molecule has 5 nitrogen and oxygen atoms in total. The van der Waals surface area contributed by atoms with E-state index in [1.54, 1.807) is 17.0 Å². The molecule has 1 aromatic heterocycles. The largest absolute Gasteiger partial charge is 0.353 e. The minimum atomic E-state index is -0.150. The topological polar surface area (TPSA) is 45.6 Å². The summed E-state index contributed by atoms with van der Waals surface area (Å²) in [4.78, 5) is 30.0. The number of amides is 2. The molecule has 0 aliphatic rings. The number of benzene rings is 2. The van der Waals surface area contributed by atoms with Crippen LogP contribution in [0.5, 0.6) is 0 Å². The van der Waals surface area contributed by atoms with Crippen LogP contribution in [0.2, 0.25) is 0 Å². The van der Waals surface area contributed by atoms with Gasteiger partial charge in [-0.3, -0.25) is 9.59 Å². The highest BCUT2D eigenvalue weighted by Crippen LogP contribution is 2.17. The normalized spacial score (nSPS) is 10.9. The second-order valence-corrected chi connectivity index (χ2v) is 8.80. The van der Waals surface area contributed by atoms with Crippen molar-refractivity contribution in [3.8, 4) is 0 Å². The summed E-state index contributed by atoms with van der Waals surface area (Å²) in [6.07, 6.45) is 1.97. The quantitative estimate of drug-likeness (QED) is 0.460. The highest BCUT2D eigenvalue weighted by atomic mass is 79.9. The zero-order chi connectivity index (χ0) is 22.4. The van der Waals surface area contributed by atoms with E-state index >= 15 is 0 Å². The third kappa shape index (κ3) is 6.07. The molecule has 2 aromatic carbocycles. The van der Waals surface area contributed by atoms with Gasteiger partial charge < -0.3 is 14.4 Å². The number of aromatic nitrogens is 1. The SMILES string of the molecule is CC(C)N(CC(=O)N(Cc1ccccc1)Cc1cccn1C)C(=O)c1cccc(Br)c1. The zero-order valence-corrected chi connectivity index (χ0v) is 19.7. The fourth-order valence-electron chi connectivity index (χ4n) is 3.41. The summed E-state index contributed by atoms with van der Waals surface area (Å²) in [5, 5.41) is 0. The second kappa shape index (κ2) is 10.4. The highest BCUT2D eigenvalue weighted by molar-refractivity contribution is 9.10. The van der Waals surface area contributed by atoms with E-state index in [2.05, 4.69) is 15.9 Å². The van der Waals surface area contributed by atoms with Gasteiger partial charge in [0, 0.05) is 41.6 Å². The number of nitrogens with zero attached hydrogens (tertiary/aromatic N) is 3. The minimum Gasteiger partial charge on any atom is -0.353 e. The molecular formula is C25H28BrN3O2. The number of aryl methyl sites for hydroxylation is 1. The molecule has 0 fully saturated rings. The van der Waals surface area contributed by atoms with Crippen LogP contribution in [0.15, 0.2) is 77.4 Å². The Morgan fingerprint density at radius 2 is 1.71 bits per heavy atom. The molecule has 31 heavy (non-hydrogen) atoms. The summed E-state index contributed by atoms with van der Waals surface area (Å²) < 4.78 is 2.85. The van der Waals surface area contributed by atoms with Gasteiger partial charge >= 0.3 is 0 Å². The van der Waals surface area contributed by atoms with E-state index in [1.165, 1.54) is 0 Å². The number of carbonyl (C=O) groups is 2. The van der Waals surface area contributed by atoms with E-state index in [9.17, 15) is 9.59 Å². The van der Waals surface area contributed by atoms with E-state index < -0.39 is 0 Å². The zero-order valence-electron chi connectivity index (χ0n) is 18.2. The summed E-state index contributed by atoms with van der Waals surface area (Å²) in [6.45, 7) is 4.86. The molecule has 0 unspecified atom stereocenters. The van der Waals surface area contributed by atoms with Gasteiger partial charge in [-0.1, -0.05) is 52.3 Å². The fourth-order valence-corrected chi connectivity index (χ4v) is 3.81. The molecule has 162 valence electrons. The molecule has 1 heterocycles. The molecule has 0 saturated carbocycles. The summed E-state index contributed by atoms with van der Waals surface area (Å²) in [5.41, 5.74) is 2.66. The van der Waals surface area contributed by atoms with Crippen LogP contribution in [-0.4, -0.2) is 38.8 Å². The van der Waals surface area contributed by atoms with Gasteiger partial charge in [-0.15, -0.1) is 0 Å². The van der Waals surface area contributed by atoms with Crippen molar-refractivity contribution in [2.24, 2.45) is 7.05 Å². The van der Waals surface area contributed by atoms with Gasteiger partial charge in [-0.2, -0.15) is 0 Å². The molecule has 0 aliphatic carbocycles. The highest BCUT2D eigenvalue weighted by Gasteiger charge is 2.25. The molecule has 2 amide bonds. The molecule has 6 heteroatoms. The first-order valence-corrected chi connectivity index (χ1v) is 11.1. The number of hydrogen-bond donors (Lipinski definition) is 0. The average molecular weight is 482 g/mol. The predicted molar refractivity (Wildman–Crippen MR) is 126 cm³/mol. The molecular weight excluding hydrogens is 454 g/mol. The molecule has 0 bridgehead atoms. The van der Waals surface area contributed by atoms with E-state index in [1.807, 2.05) is 91.2 Å². The van der Waals surface area contributed by atoms with E-state index in [0.29, 0.717) is 18.7 Å². The van der Waals surface area contributed by atoms with Crippen molar-refractivity contribution in [3.63, 3.8) is 0 Å². The Kier molecular flexibility index (Phi) is 7.69. The lowest BCUT2D eigenvalue weighted by Crippen LogP contribution is -2.45. The Bertz CT molecular complexity index is 1030. The Hall–Kier alpha value is -2.86. The number of rotatable bonds is 8. The van der Waals surface area contributed by atoms with Gasteiger partial charge in [-0.05, 0) is 49.7 Å². The van der Waals surface area contributed by atoms with Gasteiger partial charge in [0.1, 0.15) is 6.54 Å². The van der Waals surface area contributed by atoms with E-state index in [4.69, 9.17) is 0 Å². The number of carbonyl (C=O) groups excluding carboxylic acids is 2. The first-order chi connectivity index (χ1) is 14.8. The molecule has 0 spiro atoms. The van der Waals surface area contributed by atoms with Crippen molar-refractivity contribution in [2.45, 2.75) is 33.0 Å². The number of hydrogen-bond acceptors (Lipinski definition) is 2. The monoisotopic (exact) mass is 481 g/mol. The third-order valence-corrected chi connectivity index (χ3v) is 5.73. The fraction of sp³-hybridized carbons (Fsp3) is 0.280. The van der Waals surface area contributed by atoms with Crippen molar-refractivity contribution in [3.05, 3.63) is 94.2 Å². The summed E-state index contributed by atoms with van der Waals surface area (Å²) in [6, 6.07) is 21.1. The summed E-state index contributed by atoms with van der Waals surface area (Å²) in [7, 11) is 1.97. The van der Waals surface area contributed by atoms with Crippen LogP contribution in [0.25, 0.3) is 0 Å². The number of halogens is 1. The molecule has 0 saturated heterocycles. The van der Waals surface area contributed by atoms with Crippen molar-refractivity contribution < 1.29 is 9.59 Å². The van der Waals surface area contributed by atoms with Gasteiger partial charge in [0.2, 0.25) is 5.91 Å². The molecule has 0 radical (unpaired) electrons. The lowest BCUT2D eigenvalue weighted by Gasteiger charge is -2.30. The maximum absolute atomic E-state index is 13.4. The van der Waals surface area contributed by atoms with Gasteiger partial charge in [0.05, 0.1) is 6.54 Å². The standard InChI is InChI=1S/C25H28BrN3O2/c1-19(2)29(25(31)21-11-7-12-22(26)15-21)18-24(30)28(16-20-9-5-4-6-10-20)17-23-13-8-14-27(23)3/h4-15,19H,16-18H2,1-3H3. The van der Waals surface area contributed by atoms with Gasteiger partial charge in [0.15, 0.2) is 0 Å². The predicted octanol–water partition coefficient (Wildman–Crippen LogP) is 4.87. The Labute approximate surface area is 192 Å². The van der Waals surface area contributed by atoms with Crippen LogP contribution in [0.4, 0.5) is 0 Å². The lowest BCUT2D eigenvalue weighted by molar-refractivity contribution is -0.133. The molecule has 0 aliphatic heterocycles. The van der Waals surface area contributed by atoms with Gasteiger partial charge in [-0.25, -0.2) is 0 Å². The Morgan fingerprint density at radius 3 is 2.32 bits per heavy atom. The third-order valence-electron chi connectivity index (χ3n) is 5.23. The van der Waals surface area contributed by atoms with Gasteiger partial charge in [0.25, 0.3) is 5.91 Å². The van der Waals surface area contributed by atoms with E-state index in [-0.39, 0.29) is 24.4 Å². The average Bonchev–Trinajstić information content (AvgIpc) is 3.16. The van der Waals surface area contributed by atoms with Crippen LogP contribution in [0, 0.1) is 0 Å². The van der Waals surface area contributed by atoms with Crippen LogP contribution < -0.4 is 0 Å². The van der Waals surface area contributed by atoms with Crippen LogP contribution in [0.3, 0.4) is 0 Å². The molecule has 3 rings (SSSR count). The Balaban J connectivity index is 1.82. The van der Waals surface area contributed by atoms with Crippen LogP contribution >= 0.6 is 15.9 Å². The smallest absolute Gasteiger partial charge is 0.254 e. The van der Waals surface area contributed by atoms with Crippen molar-refractivity contribution in [1.82, 2.24) is 14.4 Å². The van der Waals surface area contributed by atoms with Crippen molar-refractivity contribution >= 4 is 27.7 Å². The summed E-state index contributed by atoms with van der Waals surface area (Å²) in [5.74, 6) is -0.231. The van der Waals surface area contributed by atoms with Crippen molar-refractivity contribution in [2.75, 3.05) is 6.54 Å².